The molecule has 2 heteroatoms. The van der Waals surface area contributed by atoms with Crippen LogP contribution in [0.1, 0.15) is 177 Å². The number of hydrogen-bond acceptors (Lipinski definition) is 2. The van der Waals surface area contributed by atoms with E-state index in [1.54, 1.807) is 0 Å². The van der Waals surface area contributed by atoms with E-state index in [2.05, 4.69) is 145 Å². The summed E-state index contributed by atoms with van der Waals surface area (Å²) >= 11 is 0. The number of benzene rings is 2. The SMILES string of the molecule is CC(OCCC1CCCC(C(C)(C)c2ccc(C(CC(C)(C)C)C(C)(C)C)cc2)C1)Oc1ccc([C@@H](CC(C)(C)C)C(C)(C)C)cc1. The first kappa shape index (κ1) is 39.6. The van der Waals surface area contributed by atoms with Gasteiger partial charge in [-0.05, 0) is 119 Å². The summed E-state index contributed by atoms with van der Waals surface area (Å²) in [4.78, 5) is 0. The summed E-state index contributed by atoms with van der Waals surface area (Å²) in [5.41, 5.74) is 5.61. The summed E-state index contributed by atoms with van der Waals surface area (Å²) in [5.74, 6) is 3.37. The maximum absolute atomic E-state index is 6.23. The summed E-state index contributed by atoms with van der Waals surface area (Å²) in [5, 5.41) is 0. The molecule has 1 saturated carbocycles. The van der Waals surface area contributed by atoms with Crippen molar-refractivity contribution in [3.05, 3.63) is 65.2 Å². The summed E-state index contributed by atoms with van der Waals surface area (Å²) in [6, 6.07) is 18.6. The van der Waals surface area contributed by atoms with Gasteiger partial charge in [-0.3, -0.25) is 0 Å². The molecule has 0 saturated heterocycles. The lowest BCUT2D eigenvalue weighted by Crippen LogP contribution is -2.33. The van der Waals surface area contributed by atoms with Crippen molar-refractivity contribution in [1.82, 2.24) is 0 Å². The van der Waals surface area contributed by atoms with E-state index in [1.807, 2.05) is 6.92 Å². The highest BCUT2D eigenvalue weighted by atomic mass is 16.7. The predicted molar refractivity (Wildman–Crippen MR) is 205 cm³/mol. The van der Waals surface area contributed by atoms with Crippen LogP contribution >= 0.6 is 0 Å². The van der Waals surface area contributed by atoms with Crippen LogP contribution in [0.2, 0.25) is 0 Å². The Balaban J connectivity index is 1.54. The Morgan fingerprint density at radius 2 is 1.11 bits per heavy atom. The largest absolute Gasteiger partial charge is 0.465 e. The molecule has 5 atom stereocenters. The Morgan fingerprint density at radius 3 is 1.55 bits per heavy atom. The van der Waals surface area contributed by atoms with Gasteiger partial charge in [-0.2, -0.15) is 0 Å². The normalized spacial score (nSPS) is 20.5. The van der Waals surface area contributed by atoms with Crippen LogP contribution in [0, 0.1) is 33.5 Å². The molecular weight excluding hydrogens is 572 g/mol. The second kappa shape index (κ2) is 15.4. The minimum absolute atomic E-state index is 0.167. The van der Waals surface area contributed by atoms with E-state index in [-0.39, 0.29) is 27.9 Å². The Morgan fingerprint density at radius 1 is 0.638 bits per heavy atom. The van der Waals surface area contributed by atoms with E-state index in [9.17, 15) is 0 Å². The van der Waals surface area contributed by atoms with Crippen molar-refractivity contribution in [2.75, 3.05) is 6.61 Å². The van der Waals surface area contributed by atoms with Crippen molar-refractivity contribution >= 4 is 0 Å². The molecule has 0 N–H and O–H groups in total. The van der Waals surface area contributed by atoms with Crippen LogP contribution in [0.25, 0.3) is 0 Å². The molecule has 2 nitrogen and oxygen atoms in total. The average molecular weight is 647 g/mol. The third kappa shape index (κ3) is 12.2. The fourth-order valence-electron chi connectivity index (χ4n) is 8.07. The Bertz CT molecular complexity index is 1210. The van der Waals surface area contributed by atoms with Gasteiger partial charge in [0.05, 0.1) is 6.61 Å². The minimum atomic E-state index is -0.251. The second-order valence-electron chi connectivity index (χ2n) is 20.4. The molecule has 1 aliphatic rings. The van der Waals surface area contributed by atoms with Gasteiger partial charge in [0.2, 0.25) is 0 Å². The summed E-state index contributed by atoms with van der Waals surface area (Å²) < 4.78 is 12.4. The fraction of sp³-hybridized carbons (Fsp3) is 0.733. The number of rotatable bonds is 12. The maximum Gasteiger partial charge on any atom is 0.196 e. The van der Waals surface area contributed by atoms with E-state index in [0.717, 1.165) is 25.2 Å². The molecule has 1 aliphatic carbocycles. The molecule has 266 valence electrons. The van der Waals surface area contributed by atoms with Crippen molar-refractivity contribution in [3.63, 3.8) is 0 Å². The molecule has 1 fully saturated rings. The first-order chi connectivity index (χ1) is 21.5. The molecule has 3 rings (SSSR count). The second-order valence-corrected chi connectivity index (χ2v) is 20.4. The molecule has 0 amide bonds. The van der Waals surface area contributed by atoms with E-state index in [0.29, 0.717) is 29.1 Å². The lowest BCUT2D eigenvalue weighted by atomic mass is 9.64. The highest BCUT2D eigenvalue weighted by molar-refractivity contribution is 5.32. The van der Waals surface area contributed by atoms with E-state index in [1.165, 1.54) is 48.8 Å². The highest BCUT2D eigenvalue weighted by Crippen LogP contribution is 2.47. The van der Waals surface area contributed by atoms with E-state index in [4.69, 9.17) is 9.47 Å². The van der Waals surface area contributed by atoms with Crippen molar-refractivity contribution in [3.8, 4) is 5.75 Å². The maximum atomic E-state index is 6.23. The molecule has 47 heavy (non-hydrogen) atoms. The van der Waals surface area contributed by atoms with Gasteiger partial charge in [0.25, 0.3) is 0 Å². The standard InChI is InChI=1S/C45H74O2/c1-32(47-38-25-21-35(22-26-38)40(44(11,12)13)31-42(5,6)7)46-28-27-33-17-16-18-37(29-33)45(14,15)36-23-19-34(20-24-36)39(43(8,9)10)30-41(2,3)4/h19-26,32-33,37,39-40H,16-18,27-31H2,1-15H3/t32?,33?,37?,39?,40-/m1/s1. The van der Waals surface area contributed by atoms with Crippen LogP contribution in [-0.4, -0.2) is 12.9 Å². The molecule has 2 aromatic rings. The predicted octanol–water partition coefficient (Wildman–Crippen LogP) is 13.7. The Labute approximate surface area is 292 Å². The zero-order valence-electron chi connectivity index (χ0n) is 33.5. The molecule has 0 bridgehead atoms. The molecule has 0 aliphatic heterocycles. The van der Waals surface area contributed by atoms with Crippen LogP contribution in [0.5, 0.6) is 5.75 Å². The summed E-state index contributed by atoms with van der Waals surface area (Å²) in [7, 11) is 0. The zero-order chi connectivity index (χ0) is 35.4. The van der Waals surface area contributed by atoms with Crippen molar-refractivity contribution in [2.24, 2.45) is 33.5 Å². The van der Waals surface area contributed by atoms with Crippen molar-refractivity contribution < 1.29 is 9.47 Å². The molecule has 2 aromatic carbocycles. The summed E-state index contributed by atoms with van der Waals surface area (Å²) in [6.45, 7) is 36.1. The number of hydrogen-bond donors (Lipinski definition) is 0. The highest BCUT2D eigenvalue weighted by Gasteiger charge is 2.36. The first-order valence-corrected chi connectivity index (χ1v) is 18.9. The minimum Gasteiger partial charge on any atom is -0.465 e. The summed E-state index contributed by atoms with van der Waals surface area (Å²) in [6.07, 6.45) is 8.47. The number of ether oxygens (including phenoxy) is 2. The van der Waals surface area contributed by atoms with Gasteiger partial charge in [0, 0.05) is 0 Å². The molecule has 4 unspecified atom stereocenters. The van der Waals surface area contributed by atoms with Gasteiger partial charge < -0.3 is 9.47 Å². The van der Waals surface area contributed by atoms with E-state index >= 15 is 0 Å². The quantitative estimate of drug-likeness (QED) is 0.214. The van der Waals surface area contributed by atoms with E-state index < -0.39 is 0 Å². The topological polar surface area (TPSA) is 18.5 Å². The smallest absolute Gasteiger partial charge is 0.196 e. The Kier molecular flexibility index (Phi) is 13.0. The van der Waals surface area contributed by atoms with Crippen LogP contribution in [0.15, 0.2) is 48.5 Å². The van der Waals surface area contributed by atoms with Crippen LogP contribution < -0.4 is 4.74 Å². The van der Waals surface area contributed by atoms with Crippen LogP contribution in [0.4, 0.5) is 0 Å². The molecule has 0 aromatic heterocycles. The molecule has 0 radical (unpaired) electrons. The van der Waals surface area contributed by atoms with Gasteiger partial charge in [-0.1, -0.05) is 146 Å². The van der Waals surface area contributed by atoms with Crippen LogP contribution in [0.3, 0.4) is 0 Å². The van der Waals surface area contributed by atoms with Gasteiger partial charge in [-0.25, -0.2) is 0 Å². The lowest BCUT2D eigenvalue weighted by molar-refractivity contribution is -0.0720. The van der Waals surface area contributed by atoms with Crippen molar-refractivity contribution in [1.29, 1.82) is 0 Å². The molecule has 0 heterocycles. The van der Waals surface area contributed by atoms with Crippen molar-refractivity contribution in [2.45, 2.75) is 172 Å². The van der Waals surface area contributed by atoms with Gasteiger partial charge in [-0.15, -0.1) is 0 Å². The average Bonchev–Trinajstić information content (AvgIpc) is 2.93. The fourth-order valence-corrected chi connectivity index (χ4v) is 8.07. The van der Waals surface area contributed by atoms with Crippen LogP contribution in [-0.2, 0) is 10.2 Å². The zero-order valence-corrected chi connectivity index (χ0v) is 33.5. The third-order valence-corrected chi connectivity index (χ3v) is 11.0. The lowest BCUT2D eigenvalue weighted by Gasteiger charge is -2.41. The molecular formula is C45H74O2. The van der Waals surface area contributed by atoms with Gasteiger partial charge in [0.15, 0.2) is 6.29 Å². The molecule has 0 spiro atoms. The van der Waals surface area contributed by atoms with Gasteiger partial charge in [0.1, 0.15) is 5.75 Å². The first-order valence-electron chi connectivity index (χ1n) is 18.9. The third-order valence-electron chi connectivity index (χ3n) is 11.0. The van der Waals surface area contributed by atoms with Gasteiger partial charge >= 0.3 is 0 Å². The monoisotopic (exact) mass is 647 g/mol. The Hall–Kier alpha value is -1.80.